The molecular formula is C17H17NO3. The number of carbonyl (C=O) groups is 2. The van der Waals surface area contributed by atoms with E-state index in [0.717, 1.165) is 5.56 Å². The van der Waals surface area contributed by atoms with Crippen LogP contribution in [0.15, 0.2) is 42.6 Å². The summed E-state index contributed by atoms with van der Waals surface area (Å²) in [4.78, 5) is 28.4. The highest BCUT2D eigenvalue weighted by Crippen LogP contribution is 2.20. The minimum atomic E-state index is -0.114. The monoisotopic (exact) mass is 283 g/mol. The Bertz CT molecular complexity index is 665. The van der Waals surface area contributed by atoms with E-state index in [9.17, 15) is 9.59 Å². The molecule has 0 amide bonds. The molecule has 4 heteroatoms. The molecule has 0 aliphatic rings. The number of hydrogen-bond donors (Lipinski definition) is 0. The predicted molar refractivity (Wildman–Crippen MR) is 79.9 cm³/mol. The number of pyridine rings is 1. The number of ketones is 2. The van der Waals surface area contributed by atoms with Crippen molar-refractivity contribution >= 4 is 11.6 Å². The van der Waals surface area contributed by atoms with E-state index < -0.39 is 0 Å². The maximum absolute atomic E-state index is 12.2. The van der Waals surface area contributed by atoms with Gasteiger partial charge in [0.1, 0.15) is 11.4 Å². The van der Waals surface area contributed by atoms with Crippen molar-refractivity contribution in [3.05, 3.63) is 59.4 Å². The first-order valence-corrected chi connectivity index (χ1v) is 6.74. The quantitative estimate of drug-likeness (QED) is 0.764. The fourth-order valence-corrected chi connectivity index (χ4v) is 2.13. The molecule has 0 spiro atoms. The van der Waals surface area contributed by atoms with Gasteiger partial charge in [0.15, 0.2) is 11.6 Å². The van der Waals surface area contributed by atoms with E-state index in [4.69, 9.17) is 4.74 Å². The summed E-state index contributed by atoms with van der Waals surface area (Å²) in [6, 6.07) is 10.6. The summed E-state index contributed by atoms with van der Waals surface area (Å²) in [6.45, 7) is 1.84. The van der Waals surface area contributed by atoms with Gasteiger partial charge in [-0.15, -0.1) is 0 Å². The van der Waals surface area contributed by atoms with Crippen LogP contribution in [0.2, 0.25) is 0 Å². The number of para-hydroxylation sites is 1. The van der Waals surface area contributed by atoms with Crippen molar-refractivity contribution in [1.29, 1.82) is 0 Å². The number of benzene rings is 1. The molecule has 0 saturated heterocycles. The number of hydrogen-bond acceptors (Lipinski definition) is 4. The fourth-order valence-electron chi connectivity index (χ4n) is 2.13. The van der Waals surface area contributed by atoms with Crippen LogP contribution in [0.4, 0.5) is 0 Å². The van der Waals surface area contributed by atoms with Crippen LogP contribution in [0, 0.1) is 6.92 Å². The van der Waals surface area contributed by atoms with Crippen LogP contribution in [0.1, 0.15) is 39.3 Å². The first kappa shape index (κ1) is 14.9. The molecule has 2 rings (SSSR count). The van der Waals surface area contributed by atoms with Crippen molar-refractivity contribution in [2.24, 2.45) is 0 Å². The summed E-state index contributed by atoms with van der Waals surface area (Å²) in [7, 11) is 1.52. The Labute approximate surface area is 123 Å². The maximum atomic E-state index is 12.2. The molecule has 1 aromatic heterocycles. The third-order valence-electron chi connectivity index (χ3n) is 3.26. The van der Waals surface area contributed by atoms with Gasteiger partial charge in [-0.2, -0.15) is 0 Å². The Morgan fingerprint density at radius 1 is 1.05 bits per heavy atom. The van der Waals surface area contributed by atoms with Gasteiger partial charge in [-0.05, 0) is 30.7 Å². The van der Waals surface area contributed by atoms with Crippen LogP contribution in [0.3, 0.4) is 0 Å². The summed E-state index contributed by atoms with van der Waals surface area (Å²) in [6.07, 6.45) is 1.88. The van der Waals surface area contributed by atoms with Gasteiger partial charge in [0, 0.05) is 19.0 Å². The van der Waals surface area contributed by atoms with E-state index in [-0.39, 0.29) is 24.4 Å². The van der Waals surface area contributed by atoms with Gasteiger partial charge in [-0.3, -0.25) is 14.6 Å². The van der Waals surface area contributed by atoms with Gasteiger partial charge in [0.05, 0.1) is 12.7 Å². The highest BCUT2D eigenvalue weighted by atomic mass is 16.5. The number of aryl methyl sites for hydroxylation is 1. The van der Waals surface area contributed by atoms with Crippen molar-refractivity contribution in [3.8, 4) is 5.75 Å². The Morgan fingerprint density at radius 2 is 1.76 bits per heavy atom. The average Bonchev–Trinajstić information content (AvgIpc) is 2.52. The van der Waals surface area contributed by atoms with E-state index >= 15 is 0 Å². The minimum Gasteiger partial charge on any atom is -0.496 e. The molecule has 2 aromatic rings. The smallest absolute Gasteiger partial charge is 0.181 e. The highest BCUT2D eigenvalue weighted by Gasteiger charge is 2.15. The van der Waals surface area contributed by atoms with E-state index in [0.29, 0.717) is 17.0 Å². The van der Waals surface area contributed by atoms with Crippen molar-refractivity contribution < 1.29 is 14.3 Å². The van der Waals surface area contributed by atoms with Crippen LogP contribution in [-0.2, 0) is 0 Å². The van der Waals surface area contributed by atoms with Crippen LogP contribution in [0.5, 0.6) is 5.75 Å². The number of ether oxygens (including phenoxy) is 1. The van der Waals surface area contributed by atoms with Gasteiger partial charge in [-0.1, -0.05) is 18.2 Å². The Morgan fingerprint density at radius 3 is 2.48 bits per heavy atom. The average molecular weight is 283 g/mol. The minimum absolute atomic E-state index is 0.102. The molecule has 0 unspecified atom stereocenters. The van der Waals surface area contributed by atoms with Gasteiger partial charge in [0.2, 0.25) is 0 Å². The van der Waals surface area contributed by atoms with Gasteiger partial charge >= 0.3 is 0 Å². The lowest BCUT2D eigenvalue weighted by molar-refractivity contribution is 0.0913. The second kappa shape index (κ2) is 6.79. The van der Waals surface area contributed by atoms with Crippen LogP contribution in [-0.4, -0.2) is 23.7 Å². The Kier molecular flexibility index (Phi) is 4.82. The zero-order valence-corrected chi connectivity index (χ0v) is 12.1. The van der Waals surface area contributed by atoms with Crippen LogP contribution in [0.25, 0.3) is 0 Å². The second-order valence-electron chi connectivity index (χ2n) is 4.72. The summed E-state index contributed by atoms with van der Waals surface area (Å²) >= 11 is 0. The number of rotatable bonds is 6. The lowest BCUT2D eigenvalue weighted by Crippen LogP contribution is -2.09. The fraction of sp³-hybridized carbons (Fsp3) is 0.235. The standard InChI is InChI=1S/C17H17NO3/c1-12-6-5-11-18-17(12)15(20)10-9-14(19)13-7-3-4-8-16(13)21-2/h3-8,11H,9-10H2,1-2H3. The number of aromatic nitrogens is 1. The van der Waals surface area contributed by atoms with Gasteiger partial charge in [-0.25, -0.2) is 0 Å². The zero-order chi connectivity index (χ0) is 15.2. The molecule has 0 N–H and O–H groups in total. The van der Waals surface area contributed by atoms with Gasteiger partial charge < -0.3 is 4.74 Å². The Hall–Kier alpha value is -2.49. The molecule has 0 saturated carbocycles. The summed E-state index contributed by atoms with van der Waals surface area (Å²) in [5, 5.41) is 0. The van der Waals surface area contributed by atoms with E-state index in [2.05, 4.69) is 4.98 Å². The summed E-state index contributed by atoms with van der Waals surface area (Å²) < 4.78 is 5.16. The molecule has 4 nitrogen and oxygen atoms in total. The van der Waals surface area contributed by atoms with Crippen molar-refractivity contribution in [2.45, 2.75) is 19.8 Å². The Balaban J connectivity index is 2.05. The van der Waals surface area contributed by atoms with Crippen molar-refractivity contribution in [1.82, 2.24) is 4.98 Å². The molecule has 21 heavy (non-hydrogen) atoms. The molecule has 0 fully saturated rings. The first-order valence-electron chi connectivity index (χ1n) is 6.74. The van der Waals surface area contributed by atoms with Crippen LogP contribution >= 0.6 is 0 Å². The van der Waals surface area contributed by atoms with E-state index in [1.54, 1.807) is 36.5 Å². The lowest BCUT2D eigenvalue weighted by atomic mass is 10.0. The number of nitrogens with zero attached hydrogens (tertiary/aromatic N) is 1. The molecule has 0 bridgehead atoms. The molecule has 1 heterocycles. The second-order valence-corrected chi connectivity index (χ2v) is 4.72. The summed E-state index contributed by atoms with van der Waals surface area (Å²) in [5.41, 5.74) is 1.77. The SMILES string of the molecule is COc1ccccc1C(=O)CCC(=O)c1ncccc1C. The van der Waals surface area contributed by atoms with Crippen LogP contribution < -0.4 is 4.74 Å². The van der Waals surface area contributed by atoms with E-state index in [1.807, 2.05) is 13.0 Å². The molecule has 0 aliphatic carbocycles. The predicted octanol–water partition coefficient (Wildman–Crippen LogP) is 3.24. The molecular weight excluding hydrogens is 266 g/mol. The molecule has 1 aromatic carbocycles. The number of carbonyl (C=O) groups excluding carboxylic acids is 2. The maximum Gasteiger partial charge on any atom is 0.181 e. The molecule has 108 valence electrons. The van der Waals surface area contributed by atoms with E-state index in [1.165, 1.54) is 7.11 Å². The largest absolute Gasteiger partial charge is 0.496 e. The lowest BCUT2D eigenvalue weighted by Gasteiger charge is -2.07. The first-order chi connectivity index (χ1) is 10.1. The van der Waals surface area contributed by atoms with Crippen molar-refractivity contribution in [2.75, 3.05) is 7.11 Å². The molecule has 0 atom stereocenters. The zero-order valence-electron chi connectivity index (χ0n) is 12.1. The molecule has 0 radical (unpaired) electrons. The third-order valence-corrected chi connectivity index (χ3v) is 3.26. The number of Topliss-reactive ketones (excluding diaryl/α,β-unsaturated/α-hetero) is 2. The summed E-state index contributed by atoms with van der Waals surface area (Å²) in [5.74, 6) is 0.315. The molecule has 0 aliphatic heterocycles. The van der Waals surface area contributed by atoms with Gasteiger partial charge in [0.25, 0.3) is 0 Å². The third kappa shape index (κ3) is 3.54. The van der Waals surface area contributed by atoms with Crippen molar-refractivity contribution in [3.63, 3.8) is 0 Å². The highest BCUT2D eigenvalue weighted by molar-refractivity contribution is 6.03. The number of methoxy groups -OCH3 is 1. The normalized spacial score (nSPS) is 10.2. The topological polar surface area (TPSA) is 56.3 Å².